The number of halogens is 3. The molecule has 0 N–H and O–H groups in total. The third-order valence-corrected chi connectivity index (χ3v) is 9.14. The monoisotopic (exact) mass is 588 g/mol. The van der Waals surface area contributed by atoms with E-state index in [9.17, 15) is 13.2 Å². The van der Waals surface area contributed by atoms with Crippen molar-refractivity contribution in [2.75, 3.05) is 0 Å². The molecule has 0 spiro atoms. The molecule has 4 aromatic rings. The molecule has 0 aliphatic heterocycles. The Morgan fingerprint density at radius 3 is 2.05 bits per heavy atom. The summed E-state index contributed by atoms with van der Waals surface area (Å²) in [5.74, 6) is 0.281. The number of benzene rings is 4. The predicted octanol–water partition coefficient (Wildman–Crippen LogP) is 11.5. The zero-order chi connectivity index (χ0) is 31.4. The van der Waals surface area contributed by atoms with E-state index in [1.807, 2.05) is 31.2 Å². The quantitative estimate of drug-likeness (QED) is 0.192. The van der Waals surface area contributed by atoms with E-state index < -0.39 is 17.2 Å². The fourth-order valence-corrected chi connectivity index (χ4v) is 6.45. The molecule has 0 aromatic heterocycles. The van der Waals surface area contributed by atoms with Gasteiger partial charge in [-0.1, -0.05) is 131 Å². The molecule has 0 fully saturated rings. The van der Waals surface area contributed by atoms with E-state index >= 15 is 0 Å². The van der Waals surface area contributed by atoms with Gasteiger partial charge >= 0.3 is 6.18 Å². The fraction of sp³-hybridized carbons (Fsp3) is 0.268. The van der Waals surface area contributed by atoms with Crippen LogP contribution >= 0.6 is 0 Å². The second kappa shape index (κ2) is 10.8. The van der Waals surface area contributed by atoms with Crippen LogP contribution in [0.1, 0.15) is 90.6 Å². The van der Waals surface area contributed by atoms with E-state index in [2.05, 4.69) is 95.3 Å². The van der Waals surface area contributed by atoms with Crippen LogP contribution in [0.2, 0.25) is 0 Å². The zero-order valence-electron chi connectivity index (χ0n) is 26.3. The molecule has 0 saturated carbocycles. The molecule has 0 heterocycles. The summed E-state index contributed by atoms with van der Waals surface area (Å²) in [6.07, 6.45) is 7.42. The van der Waals surface area contributed by atoms with E-state index in [1.165, 1.54) is 45.5 Å². The first-order valence-corrected chi connectivity index (χ1v) is 15.3. The minimum Gasteiger partial charge on any atom is -0.166 e. The molecule has 0 saturated heterocycles. The Morgan fingerprint density at radius 1 is 0.705 bits per heavy atom. The smallest absolute Gasteiger partial charge is 0.166 e. The van der Waals surface area contributed by atoms with E-state index in [1.54, 1.807) is 6.07 Å². The molecular formula is C41H39F3. The standard InChI is InChI=1S/C41H39F3/c1-26-14-16-28(17-15-26)38(29-12-9-13-32(20-29)41(42,43)44)25-40(5,6)31-19-18-30-21-36-34(27-10-7-8-11-27)23-33(39(2,3)4)24-37(36)35(30)22-31/h7-20,22-25,27H,21H2,1-6H3. The van der Waals surface area contributed by atoms with Crippen LogP contribution in [-0.4, -0.2) is 0 Å². The van der Waals surface area contributed by atoms with Crippen LogP contribution in [0, 0.1) is 6.92 Å². The highest BCUT2D eigenvalue weighted by molar-refractivity contribution is 5.83. The molecule has 0 unspecified atom stereocenters. The number of allylic oxidation sites excluding steroid dienone is 5. The van der Waals surface area contributed by atoms with Gasteiger partial charge in [-0.3, -0.25) is 0 Å². The Bertz CT molecular complexity index is 1810. The van der Waals surface area contributed by atoms with Crippen LogP contribution in [0.5, 0.6) is 0 Å². The number of hydrogen-bond donors (Lipinski definition) is 0. The van der Waals surface area contributed by atoms with Gasteiger partial charge in [0.25, 0.3) is 0 Å². The van der Waals surface area contributed by atoms with Gasteiger partial charge in [-0.25, -0.2) is 0 Å². The van der Waals surface area contributed by atoms with Crippen LogP contribution in [0.4, 0.5) is 13.2 Å². The van der Waals surface area contributed by atoms with E-state index in [0.29, 0.717) is 5.56 Å². The van der Waals surface area contributed by atoms with Crippen molar-refractivity contribution in [1.29, 1.82) is 0 Å². The highest BCUT2D eigenvalue weighted by atomic mass is 19.4. The maximum Gasteiger partial charge on any atom is 0.416 e. The van der Waals surface area contributed by atoms with Gasteiger partial charge in [-0.2, -0.15) is 13.2 Å². The van der Waals surface area contributed by atoms with Gasteiger partial charge in [0, 0.05) is 11.3 Å². The first-order chi connectivity index (χ1) is 20.7. The Balaban J connectivity index is 1.48. The Kier molecular flexibility index (Phi) is 7.35. The average molecular weight is 589 g/mol. The summed E-state index contributed by atoms with van der Waals surface area (Å²) in [6.45, 7) is 13.1. The first-order valence-electron chi connectivity index (χ1n) is 15.3. The van der Waals surface area contributed by atoms with Crippen molar-refractivity contribution in [2.24, 2.45) is 0 Å². The lowest BCUT2D eigenvalue weighted by Crippen LogP contribution is -2.15. The Labute approximate surface area is 259 Å². The third-order valence-electron chi connectivity index (χ3n) is 9.14. The Morgan fingerprint density at radius 2 is 1.39 bits per heavy atom. The minimum absolute atomic E-state index is 0.00603. The van der Waals surface area contributed by atoms with Gasteiger partial charge in [-0.05, 0) is 92.6 Å². The van der Waals surface area contributed by atoms with Gasteiger partial charge in [-0.15, -0.1) is 0 Å². The number of alkyl halides is 3. The molecular weight excluding hydrogens is 549 g/mol. The second-order valence-electron chi connectivity index (χ2n) is 13.9. The van der Waals surface area contributed by atoms with Crippen LogP contribution in [0.3, 0.4) is 0 Å². The molecule has 0 bridgehead atoms. The van der Waals surface area contributed by atoms with Gasteiger partial charge < -0.3 is 0 Å². The van der Waals surface area contributed by atoms with Crippen molar-refractivity contribution in [3.05, 3.63) is 159 Å². The molecule has 6 rings (SSSR count). The van der Waals surface area contributed by atoms with E-state index in [0.717, 1.165) is 34.8 Å². The third kappa shape index (κ3) is 5.73. The van der Waals surface area contributed by atoms with Crippen molar-refractivity contribution < 1.29 is 13.2 Å². The molecule has 0 nitrogen and oxygen atoms in total. The van der Waals surface area contributed by atoms with Crippen molar-refractivity contribution in [3.8, 4) is 11.1 Å². The summed E-state index contributed by atoms with van der Waals surface area (Å²) in [7, 11) is 0. The summed E-state index contributed by atoms with van der Waals surface area (Å²) in [6, 6.07) is 25.2. The van der Waals surface area contributed by atoms with Crippen LogP contribution < -0.4 is 0 Å². The topological polar surface area (TPSA) is 0 Å². The van der Waals surface area contributed by atoms with Gasteiger partial charge in [0.05, 0.1) is 5.56 Å². The SMILES string of the molecule is Cc1ccc(C(=CC(C)(C)c2ccc3c(c2)-c2cc(C(C)(C)C)cc(C4C=CC=C4)c2C3)c2cccc(C(F)(F)F)c2)cc1. The summed E-state index contributed by atoms with van der Waals surface area (Å²) in [5.41, 5.74) is 11.3. The molecule has 44 heavy (non-hydrogen) atoms. The molecule has 0 atom stereocenters. The maximum atomic E-state index is 13.7. The average Bonchev–Trinajstić information content (AvgIpc) is 3.63. The minimum atomic E-state index is -4.41. The highest BCUT2D eigenvalue weighted by Gasteiger charge is 2.32. The molecule has 2 aliphatic carbocycles. The molecule has 224 valence electrons. The summed E-state index contributed by atoms with van der Waals surface area (Å²) in [5, 5.41) is 0. The molecule has 0 amide bonds. The number of aryl methyl sites for hydroxylation is 1. The van der Waals surface area contributed by atoms with Crippen molar-refractivity contribution >= 4 is 5.57 Å². The molecule has 2 aliphatic rings. The molecule has 4 aromatic carbocycles. The highest BCUT2D eigenvalue weighted by Crippen LogP contribution is 2.46. The van der Waals surface area contributed by atoms with Crippen LogP contribution in [-0.2, 0) is 23.4 Å². The van der Waals surface area contributed by atoms with Crippen LogP contribution in [0.15, 0.2) is 109 Å². The van der Waals surface area contributed by atoms with Crippen molar-refractivity contribution in [1.82, 2.24) is 0 Å². The summed E-state index contributed by atoms with van der Waals surface area (Å²) >= 11 is 0. The summed E-state index contributed by atoms with van der Waals surface area (Å²) < 4.78 is 41.2. The van der Waals surface area contributed by atoms with Crippen LogP contribution in [0.25, 0.3) is 16.7 Å². The molecule has 0 radical (unpaired) electrons. The van der Waals surface area contributed by atoms with Crippen molar-refractivity contribution in [3.63, 3.8) is 0 Å². The van der Waals surface area contributed by atoms with Crippen molar-refractivity contribution in [2.45, 2.75) is 70.9 Å². The lowest BCUT2D eigenvalue weighted by Gasteiger charge is -2.26. The lowest BCUT2D eigenvalue weighted by atomic mass is 9.78. The van der Waals surface area contributed by atoms with E-state index in [-0.39, 0.29) is 11.3 Å². The predicted molar refractivity (Wildman–Crippen MR) is 177 cm³/mol. The zero-order valence-corrected chi connectivity index (χ0v) is 26.3. The number of hydrogen-bond acceptors (Lipinski definition) is 0. The van der Waals surface area contributed by atoms with E-state index in [4.69, 9.17) is 0 Å². The van der Waals surface area contributed by atoms with Gasteiger partial charge in [0.1, 0.15) is 0 Å². The lowest BCUT2D eigenvalue weighted by molar-refractivity contribution is -0.137. The first kappa shape index (κ1) is 29.9. The Hall–Kier alpha value is -4.11. The molecule has 3 heteroatoms. The second-order valence-corrected chi connectivity index (χ2v) is 13.9. The number of rotatable bonds is 5. The fourth-order valence-electron chi connectivity index (χ4n) is 6.45. The van der Waals surface area contributed by atoms with Gasteiger partial charge in [0.15, 0.2) is 0 Å². The maximum absolute atomic E-state index is 13.7. The largest absolute Gasteiger partial charge is 0.416 e. The normalized spacial score (nSPS) is 15.2. The summed E-state index contributed by atoms with van der Waals surface area (Å²) in [4.78, 5) is 0. The van der Waals surface area contributed by atoms with Gasteiger partial charge in [0.2, 0.25) is 0 Å². The number of fused-ring (bicyclic) bond motifs is 3.